The molecule has 1 heterocycles. The van der Waals surface area contributed by atoms with Gasteiger partial charge in [0.15, 0.2) is 0 Å². The van der Waals surface area contributed by atoms with Gasteiger partial charge in [-0.3, -0.25) is 0 Å². The minimum atomic E-state index is -3.45. The second kappa shape index (κ2) is 6.11. The van der Waals surface area contributed by atoms with Crippen LogP contribution < -0.4 is 10.5 Å². The van der Waals surface area contributed by atoms with Crippen LogP contribution in [0.25, 0.3) is 0 Å². The molecule has 0 aromatic heterocycles. The van der Waals surface area contributed by atoms with E-state index in [4.69, 9.17) is 10.5 Å². The van der Waals surface area contributed by atoms with Crippen molar-refractivity contribution in [1.29, 1.82) is 0 Å². The molecule has 1 unspecified atom stereocenters. The molecule has 0 spiro atoms. The van der Waals surface area contributed by atoms with Gasteiger partial charge >= 0.3 is 0 Å². The van der Waals surface area contributed by atoms with E-state index < -0.39 is 10.0 Å². The van der Waals surface area contributed by atoms with E-state index in [0.29, 0.717) is 22.8 Å². The molecule has 6 heteroatoms. The van der Waals surface area contributed by atoms with Gasteiger partial charge in [0.1, 0.15) is 5.75 Å². The highest BCUT2D eigenvalue weighted by Gasteiger charge is 2.31. The number of hydrogen-bond donors (Lipinski definition) is 1. The number of sulfonamides is 1. The maximum atomic E-state index is 12.7. The molecule has 0 bridgehead atoms. The Bertz CT molecular complexity index is 572. The van der Waals surface area contributed by atoms with Crippen molar-refractivity contribution in [3.63, 3.8) is 0 Å². The first-order valence-corrected chi connectivity index (χ1v) is 8.33. The summed E-state index contributed by atoms with van der Waals surface area (Å²) < 4.78 is 32.2. The summed E-state index contributed by atoms with van der Waals surface area (Å²) in [7, 11) is -1.90. The lowest BCUT2D eigenvalue weighted by Gasteiger charge is -2.32. The van der Waals surface area contributed by atoms with Gasteiger partial charge in [0, 0.05) is 24.7 Å². The minimum absolute atomic E-state index is 0.0529. The fourth-order valence-electron chi connectivity index (χ4n) is 2.64. The number of benzene rings is 1. The molecule has 1 saturated heterocycles. The molecule has 112 valence electrons. The van der Waals surface area contributed by atoms with E-state index in [0.717, 1.165) is 19.3 Å². The monoisotopic (exact) mass is 298 g/mol. The lowest BCUT2D eigenvalue weighted by molar-refractivity contribution is 0.268. The van der Waals surface area contributed by atoms with Gasteiger partial charge < -0.3 is 10.5 Å². The normalized spacial score (nSPS) is 20.9. The van der Waals surface area contributed by atoms with Gasteiger partial charge in [0.25, 0.3) is 0 Å². The zero-order valence-corrected chi connectivity index (χ0v) is 12.8. The fourth-order valence-corrected chi connectivity index (χ4v) is 4.39. The largest absolute Gasteiger partial charge is 0.496 e. The van der Waals surface area contributed by atoms with Crippen molar-refractivity contribution in [2.45, 2.75) is 43.7 Å². The first-order chi connectivity index (χ1) is 9.50. The Labute approximate surface area is 120 Å². The van der Waals surface area contributed by atoms with Crippen LogP contribution in [0.1, 0.15) is 31.7 Å². The van der Waals surface area contributed by atoms with E-state index >= 15 is 0 Å². The Hall–Kier alpha value is -1.11. The molecule has 1 aliphatic rings. The summed E-state index contributed by atoms with van der Waals surface area (Å²) in [5.74, 6) is 0.623. The molecule has 1 fully saturated rings. The number of ether oxygens (including phenoxy) is 1. The minimum Gasteiger partial charge on any atom is -0.496 e. The summed E-state index contributed by atoms with van der Waals surface area (Å²) >= 11 is 0. The topological polar surface area (TPSA) is 72.6 Å². The van der Waals surface area contributed by atoms with Crippen molar-refractivity contribution < 1.29 is 13.2 Å². The van der Waals surface area contributed by atoms with Crippen LogP contribution in [0.15, 0.2) is 23.1 Å². The maximum Gasteiger partial charge on any atom is 0.243 e. The zero-order valence-electron chi connectivity index (χ0n) is 12.0. The third-order valence-electron chi connectivity index (χ3n) is 3.82. The molecule has 1 aromatic rings. The van der Waals surface area contributed by atoms with Crippen LogP contribution in [0.5, 0.6) is 5.75 Å². The van der Waals surface area contributed by atoms with E-state index in [-0.39, 0.29) is 12.6 Å². The molecule has 1 atom stereocenters. The molecule has 1 aliphatic heterocycles. The Kier molecular flexibility index (Phi) is 4.67. The number of piperidine rings is 1. The maximum absolute atomic E-state index is 12.7. The van der Waals surface area contributed by atoms with Crippen LogP contribution in [0.3, 0.4) is 0 Å². The molecule has 0 saturated carbocycles. The highest BCUT2D eigenvalue weighted by molar-refractivity contribution is 7.89. The van der Waals surface area contributed by atoms with Crippen LogP contribution >= 0.6 is 0 Å². The molecule has 2 N–H and O–H groups in total. The SMILES string of the molecule is COc1ccc(S(=O)(=O)N2CCCCC2C)cc1CN. The van der Waals surface area contributed by atoms with Gasteiger partial charge in [-0.2, -0.15) is 4.31 Å². The Morgan fingerprint density at radius 2 is 2.15 bits per heavy atom. The van der Waals surface area contributed by atoms with Gasteiger partial charge in [-0.25, -0.2) is 8.42 Å². The highest BCUT2D eigenvalue weighted by atomic mass is 32.2. The second-order valence-corrected chi connectivity index (χ2v) is 7.03. The molecule has 20 heavy (non-hydrogen) atoms. The molecular weight excluding hydrogens is 276 g/mol. The number of hydrogen-bond acceptors (Lipinski definition) is 4. The molecule has 2 rings (SSSR count). The van der Waals surface area contributed by atoms with Crippen LogP contribution in [0, 0.1) is 0 Å². The van der Waals surface area contributed by atoms with E-state index in [1.165, 1.54) is 0 Å². The molecule has 0 radical (unpaired) electrons. The number of methoxy groups -OCH3 is 1. The lowest BCUT2D eigenvalue weighted by atomic mass is 10.1. The van der Waals surface area contributed by atoms with Crippen LogP contribution in [-0.4, -0.2) is 32.4 Å². The summed E-state index contributed by atoms with van der Waals surface area (Å²) in [5.41, 5.74) is 6.36. The molecule has 1 aromatic carbocycles. The second-order valence-electron chi connectivity index (χ2n) is 5.14. The quantitative estimate of drug-likeness (QED) is 0.918. The predicted molar refractivity (Wildman–Crippen MR) is 78.1 cm³/mol. The molecule has 0 amide bonds. The first kappa shape index (κ1) is 15.3. The fraction of sp³-hybridized carbons (Fsp3) is 0.571. The Morgan fingerprint density at radius 3 is 2.75 bits per heavy atom. The predicted octanol–water partition coefficient (Wildman–Crippen LogP) is 1.72. The molecule has 0 aliphatic carbocycles. The Balaban J connectivity index is 2.38. The number of rotatable bonds is 4. The lowest BCUT2D eigenvalue weighted by Crippen LogP contribution is -2.41. The number of nitrogens with two attached hydrogens (primary N) is 1. The first-order valence-electron chi connectivity index (χ1n) is 6.89. The third-order valence-corrected chi connectivity index (χ3v) is 5.83. The van der Waals surface area contributed by atoms with Crippen molar-refractivity contribution in [3.05, 3.63) is 23.8 Å². The Morgan fingerprint density at radius 1 is 1.40 bits per heavy atom. The average Bonchev–Trinajstić information content (AvgIpc) is 2.46. The molecular formula is C14H22N2O3S. The van der Waals surface area contributed by atoms with E-state index in [1.54, 1.807) is 29.6 Å². The van der Waals surface area contributed by atoms with Gasteiger partial charge in [-0.05, 0) is 38.0 Å². The average molecular weight is 298 g/mol. The van der Waals surface area contributed by atoms with Crippen molar-refractivity contribution in [2.24, 2.45) is 5.73 Å². The van der Waals surface area contributed by atoms with E-state index in [9.17, 15) is 8.42 Å². The van der Waals surface area contributed by atoms with Crippen LogP contribution in [0.4, 0.5) is 0 Å². The van der Waals surface area contributed by atoms with Crippen molar-refractivity contribution in [3.8, 4) is 5.75 Å². The molecule has 5 nitrogen and oxygen atoms in total. The summed E-state index contributed by atoms with van der Waals surface area (Å²) in [6, 6.07) is 4.94. The van der Waals surface area contributed by atoms with Crippen molar-refractivity contribution >= 4 is 10.0 Å². The van der Waals surface area contributed by atoms with E-state index in [1.807, 2.05) is 6.92 Å². The van der Waals surface area contributed by atoms with Crippen molar-refractivity contribution in [2.75, 3.05) is 13.7 Å². The van der Waals surface area contributed by atoms with Crippen LogP contribution in [-0.2, 0) is 16.6 Å². The number of nitrogens with zero attached hydrogens (tertiary/aromatic N) is 1. The zero-order chi connectivity index (χ0) is 14.8. The smallest absolute Gasteiger partial charge is 0.243 e. The van der Waals surface area contributed by atoms with E-state index in [2.05, 4.69) is 0 Å². The standard InChI is InChI=1S/C14H22N2O3S/c1-11-5-3-4-8-16(11)20(17,18)13-6-7-14(19-2)12(9-13)10-15/h6-7,9,11H,3-5,8,10,15H2,1-2H3. The summed E-state index contributed by atoms with van der Waals surface area (Å²) in [4.78, 5) is 0.299. The highest BCUT2D eigenvalue weighted by Crippen LogP contribution is 2.28. The summed E-state index contributed by atoms with van der Waals surface area (Å²) in [6.45, 7) is 2.81. The van der Waals surface area contributed by atoms with Crippen LogP contribution in [0.2, 0.25) is 0 Å². The third kappa shape index (κ3) is 2.82. The van der Waals surface area contributed by atoms with Gasteiger partial charge in [0.2, 0.25) is 10.0 Å². The van der Waals surface area contributed by atoms with Gasteiger partial charge in [-0.1, -0.05) is 6.42 Å². The summed E-state index contributed by atoms with van der Waals surface area (Å²) in [6.07, 6.45) is 2.92. The van der Waals surface area contributed by atoms with Gasteiger partial charge in [0.05, 0.1) is 12.0 Å². The van der Waals surface area contributed by atoms with Crippen molar-refractivity contribution in [1.82, 2.24) is 4.31 Å². The van der Waals surface area contributed by atoms with Gasteiger partial charge in [-0.15, -0.1) is 0 Å². The summed E-state index contributed by atoms with van der Waals surface area (Å²) in [5, 5.41) is 0.